The first-order chi connectivity index (χ1) is 17.1. The molecular formula is C28H39N3O4S. The number of nitrogens with zero attached hydrogens (tertiary/aromatic N) is 2. The van der Waals surface area contributed by atoms with Crippen LogP contribution in [0.5, 0.6) is 0 Å². The maximum atomic E-state index is 13.7. The van der Waals surface area contributed by atoms with E-state index in [1.807, 2.05) is 50.2 Å². The van der Waals surface area contributed by atoms with E-state index in [0.717, 1.165) is 59.4 Å². The fraction of sp³-hybridized carbons (Fsp3) is 0.500. The molecule has 0 aliphatic heterocycles. The molecule has 1 saturated carbocycles. The van der Waals surface area contributed by atoms with E-state index in [1.165, 1.54) is 11.3 Å². The summed E-state index contributed by atoms with van der Waals surface area (Å²) in [4.78, 5) is 28.4. The standard InChI is InChI=1S/C28H39N3O4S/c1-5-23-14-16-26(17-15-23)31(36(4,34)35)20-27(32)30(19-24-11-9-10-21(2)18-24)22(3)28(33)29-25-12-7-6-8-13-25/h9-11,14-18,22,25H,5-8,12-13,19-20H2,1-4H3,(H,29,33)/t22-/m1/s1. The van der Waals surface area contributed by atoms with Crippen LogP contribution >= 0.6 is 0 Å². The van der Waals surface area contributed by atoms with Gasteiger partial charge in [0.05, 0.1) is 11.9 Å². The lowest BCUT2D eigenvalue weighted by atomic mass is 9.95. The molecule has 0 aromatic heterocycles. The Hall–Kier alpha value is -2.87. The molecule has 1 atom stereocenters. The highest BCUT2D eigenvalue weighted by atomic mass is 32.2. The lowest BCUT2D eigenvalue weighted by Gasteiger charge is -2.33. The number of aryl methyl sites for hydroxylation is 2. The fourth-order valence-corrected chi connectivity index (χ4v) is 5.52. The van der Waals surface area contributed by atoms with Crippen molar-refractivity contribution in [2.24, 2.45) is 0 Å². The third-order valence-electron chi connectivity index (χ3n) is 6.87. The topological polar surface area (TPSA) is 86.8 Å². The summed E-state index contributed by atoms with van der Waals surface area (Å²) >= 11 is 0. The van der Waals surface area contributed by atoms with E-state index in [2.05, 4.69) is 5.32 Å². The van der Waals surface area contributed by atoms with E-state index < -0.39 is 22.0 Å². The van der Waals surface area contributed by atoms with Crippen molar-refractivity contribution in [3.05, 3.63) is 65.2 Å². The van der Waals surface area contributed by atoms with Crippen LogP contribution in [-0.4, -0.2) is 50.0 Å². The average molecular weight is 514 g/mol. The number of carbonyl (C=O) groups is 2. The summed E-state index contributed by atoms with van der Waals surface area (Å²) in [7, 11) is -3.73. The van der Waals surface area contributed by atoms with Crippen molar-refractivity contribution in [3.63, 3.8) is 0 Å². The number of hydrogen-bond acceptors (Lipinski definition) is 4. The van der Waals surface area contributed by atoms with Crippen molar-refractivity contribution in [1.29, 1.82) is 0 Å². The van der Waals surface area contributed by atoms with Gasteiger partial charge in [0.25, 0.3) is 0 Å². The number of hydrogen-bond donors (Lipinski definition) is 1. The van der Waals surface area contributed by atoms with Crippen LogP contribution in [0.15, 0.2) is 48.5 Å². The van der Waals surface area contributed by atoms with Gasteiger partial charge in [-0.05, 0) is 56.4 Å². The summed E-state index contributed by atoms with van der Waals surface area (Å²) in [6.07, 6.45) is 7.17. The maximum Gasteiger partial charge on any atom is 0.244 e. The average Bonchev–Trinajstić information content (AvgIpc) is 2.85. The van der Waals surface area contributed by atoms with Gasteiger partial charge < -0.3 is 10.2 Å². The molecule has 196 valence electrons. The quantitative estimate of drug-likeness (QED) is 0.516. The molecule has 1 aliphatic rings. The van der Waals surface area contributed by atoms with Crippen molar-refractivity contribution >= 4 is 27.5 Å². The Labute approximate surface area is 215 Å². The van der Waals surface area contributed by atoms with Gasteiger partial charge in [-0.25, -0.2) is 8.42 Å². The highest BCUT2D eigenvalue weighted by Gasteiger charge is 2.31. The van der Waals surface area contributed by atoms with Crippen LogP contribution in [-0.2, 0) is 32.6 Å². The van der Waals surface area contributed by atoms with Crippen molar-refractivity contribution in [3.8, 4) is 0 Å². The molecule has 1 fully saturated rings. The summed E-state index contributed by atoms with van der Waals surface area (Å²) in [6.45, 7) is 5.55. The number of rotatable bonds is 10. The van der Waals surface area contributed by atoms with Gasteiger partial charge in [0.1, 0.15) is 12.6 Å². The largest absolute Gasteiger partial charge is 0.352 e. The van der Waals surface area contributed by atoms with Crippen LogP contribution in [0.3, 0.4) is 0 Å². The van der Waals surface area contributed by atoms with Gasteiger partial charge in [-0.15, -0.1) is 0 Å². The highest BCUT2D eigenvalue weighted by molar-refractivity contribution is 7.92. The molecule has 0 spiro atoms. The van der Waals surface area contributed by atoms with Crippen LogP contribution in [0.1, 0.15) is 62.6 Å². The van der Waals surface area contributed by atoms with Crippen molar-refractivity contribution in [2.45, 2.75) is 77.9 Å². The minimum atomic E-state index is -3.73. The van der Waals surface area contributed by atoms with Crippen molar-refractivity contribution < 1.29 is 18.0 Å². The first-order valence-corrected chi connectivity index (χ1v) is 14.7. The zero-order chi connectivity index (χ0) is 26.3. The fourth-order valence-electron chi connectivity index (χ4n) is 4.67. The van der Waals surface area contributed by atoms with E-state index in [9.17, 15) is 18.0 Å². The van der Waals surface area contributed by atoms with Gasteiger partial charge in [0.2, 0.25) is 21.8 Å². The summed E-state index contributed by atoms with van der Waals surface area (Å²) in [5.41, 5.74) is 3.44. The normalized spacial score (nSPS) is 15.2. The lowest BCUT2D eigenvalue weighted by Crippen LogP contribution is -2.52. The molecule has 1 N–H and O–H groups in total. The second kappa shape index (κ2) is 12.4. The molecule has 8 heteroatoms. The van der Waals surface area contributed by atoms with E-state index in [4.69, 9.17) is 0 Å². The molecule has 36 heavy (non-hydrogen) atoms. The Kier molecular flexibility index (Phi) is 9.54. The minimum absolute atomic E-state index is 0.120. The molecule has 2 aromatic carbocycles. The first-order valence-electron chi connectivity index (χ1n) is 12.8. The zero-order valence-electron chi connectivity index (χ0n) is 21.9. The zero-order valence-corrected chi connectivity index (χ0v) is 22.7. The van der Waals surface area contributed by atoms with E-state index in [1.54, 1.807) is 19.1 Å². The Morgan fingerprint density at radius 1 is 1.03 bits per heavy atom. The number of amides is 2. The molecule has 0 saturated heterocycles. The molecule has 1 aliphatic carbocycles. The number of sulfonamides is 1. The predicted octanol–water partition coefficient (Wildman–Crippen LogP) is 4.19. The van der Waals surface area contributed by atoms with Crippen LogP contribution in [0.25, 0.3) is 0 Å². The molecule has 0 unspecified atom stereocenters. The Bertz CT molecular complexity index is 1140. The second-order valence-electron chi connectivity index (χ2n) is 9.82. The molecule has 2 aromatic rings. The van der Waals surface area contributed by atoms with Crippen LogP contribution in [0.2, 0.25) is 0 Å². The highest BCUT2D eigenvalue weighted by Crippen LogP contribution is 2.21. The van der Waals surface area contributed by atoms with Gasteiger partial charge in [0, 0.05) is 12.6 Å². The summed E-state index contributed by atoms with van der Waals surface area (Å²) in [5, 5.41) is 3.11. The predicted molar refractivity (Wildman–Crippen MR) is 144 cm³/mol. The monoisotopic (exact) mass is 513 g/mol. The minimum Gasteiger partial charge on any atom is -0.352 e. The molecule has 3 rings (SSSR count). The third kappa shape index (κ3) is 7.56. The number of carbonyl (C=O) groups excluding carboxylic acids is 2. The Balaban J connectivity index is 1.86. The Morgan fingerprint density at radius 3 is 2.28 bits per heavy atom. The number of nitrogens with one attached hydrogen (secondary N) is 1. The first kappa shape index (κ1) is 27.7. The molecule has 0 bridgehead atoms. The number of benzene rings is 2. The van der Waals surface area contributed by atoms with Gasteiger partial charge in [-0.2, -0.15) is 0 Å². The van der Waals surface area contributed by atoms with E-state index >= 15 is 0 Å². The molecular weight excluding hydrogens is 474 g/mol. The third-order valence-corrected chi connectivity index (χ3v) is 8.01. The maximum absolute atomic E-state index is 13.7. The SMILES string of the molecule is CCc1ccc(N(CC(=O)N(Cc2cccc(C)c2)[C@H](C)C(=O)NC2CCCCC2)S(C)(=O)=O)cc1. The van der Waals surface area contributed by atoms with Gasteiger partial charge in [-0.3, -0.25) is 13.9 Å². The summed E-state index contributed by atoms with van der Waals surface area (Å²) < 4.78 is 26.5. The van der Waals surface area contributed by atoms with E-state index in [-0.39, 0.29) is 25.0 Å². The molecule has 0 radical (unpaired) electrons. The van der Waals surface area contributed by atoms with Crippen LogP contribution in [0, 0.1) is 6.92 Å². The molecule has 2 amide bonds. The summed E-state index contributed by atoms with van der Waals surface area (Å²) in [6, 6.07) is 14.3. The molecule has 0 heterocycles. The van der Waals surface area contributed by atoms with E-state index in [0.29, 0.717) is 5.69 Å². The molecule has 7 nitrogen and oxygen atoms in total. The van der Waals surface area contributed by atoms with Crippen molar-refractivity contribution in [1.82, 2.24) is 10.2 Å². The van der Waals surface area contributed by atoms with Gasteiger partial charge >= 0.3 is 0 Å². The summed E-state index contributed by atoms with van der Waals surface area (Å²) in [5.74, 6) is -0.631. The van der Waals surface area contributed by atoms with Gasteiger partial charge in [-0.1, -0.05) is 68.1 Å². The second-order valence-corrected chi connectivity index (χ2v) is 11.7. The lowest BCUT2D eigenvalue weighted by molar-refractivity contribution is -0.139. The van der Waals surface area contributed by atoms with Crippen molar-refractivity contribution in [2.75, 3.05) is 17.1 Å². The smallest absolute Gasteiger partial charge is 0.244 e. The number of anilines is 1. The van der Waals surface area contributed by atoms with Gasteiger partial charge in [0.15, 0.2) is 0 Å². The van der Waals surface area contributed by atoms with Crippen LogP contribution in [0.4, 0.5) is 5.69 Å². The van der Waals surface area contributed by atoms with Crippen LogP contribution < -0.4 is 9.62 Å². The Morgan fingerprint density at radius 2 is 1.69 bits per heavy atom.